The van der Waals surface area contributed by atoms with E-state index in [-0.39, 0.29) is 29.3 Å². The minimum Gasteiger partial charge on any atom is -0.493 e. The van der Waals surface area contributed by atoms with E-state index in [1.54, 1.807) is 28.4 Å². The third-order valence-electron chi connectivity index (χ3n) is 10.1. The number of Topliss-reactive ketones (excluding diaryl/α,β-unsaturated/α-hetero) is 2. The standard InChI is InChI=1S/C34H34N2O6/c1-35-11-7-9-22(35)30-28-20-15-26(41-5)27(42-6)16-21(20)32(37)29(28)31(23-10-8-12-36(23)2)34(30)17-18-13-24(39-3)25(40-4)14-19(18)33(34)38/h7-16,28-31H,17H2,1-6H3/t28-,29+,30+,31-,34-/m1/s1. The van der Waals surface area contributed by atoms with Crippen LogP contribution in [0.4, 0.5) is 0 Å². The van der Waals surface area contributed by atoms with E-state index in [1.165, 1.54) is 0 Å². The number of ether oxygens (including phenoxy) is 4. The second-order valence-electron chi connectivity index (χ2n) is 11.7. The van der Waals surface area contributed by atoms with Crippen molar-refractivity contribution in [1.82, 2.24) is 9.13 Å². The highest BCUT2D eigenvalue weighted by Crippen LogP contribution is 2.73. The summed E-state index contributed by atoms with van der Waals surface area (Å²) >= 11 is 0. The fourth-order valence-electron chi connectivity index (χ4n) is 8.42. The Morgan fingerprint density at radius 3 is 1.71 bits per heavy atom. The zero-order valence-corrected chi connectivity index (χ0v) is 24.6. The van der Waals surface area contributed by atoms with Gasteiger partial charge in [-0.1, -0.05) is 0 Å². The van der Waals surface area contributed by atoms with Gasteiger partial charge in [0.15, 0.2) is 34.6 Å². The maximum absolute atomic E-state index is 15.1. The smallest absolute Gasteiger partial charge is 0.171 e. The lowest BCUT2D eigenvalue weighted by atomic mass is 9.64. The van der Waals surface area contributed by atoms with Crippen LogP contribution in [-0.2, 0) is 20.5 Å². The van der Waals surface area contributed by atoms with E-state index in [0.29, 0.717) is 40.5 Å². The molecule has 8 heteroatoms. The molecule has 2 heterocycles. The van der Waals surface area contributed by atoms with Crippen molar-refractivity contribution in [1.29, 1.82) is 0 Å². The molecule has 0 radical (unpaired) electrons. The topological polar surface area (TPSA) is 80.9 Å². The fourth-order valence-corrected chi connectivity index (χ4v) is 8.42. The Balaban J connectivity index is 1.55. The number of hydrogen-bond acceptors (Lipinski definition) is 6. The van der Waals surface area contributed by atoms with E-state index in [9.17, 15) is 4.79 Å². The Morgan fingerprint density at radius 1 is 0.690 bits per heavy atom. The second-order valence-corrected chi connectivity index (χ2v) is 11.7. The molecular formula is C34H34N2O6. The lowest BCUT2D eigenvalue weighted by Gasteiger charge is -2.38. The van der Waals surface area contributed by atoms with Gasteiger partial charge >= 0.3 is 0 Å². The van der Waals surface area contributed by atoms with E-state index < -0.39 is 11.3 Å². The molecule has 1 spiro atoms. The van der Waals surface area contributed by atoms with Crippen molar-refractivity contribution in [3.63, 3.8) is 0 Å². The molecule has 3 aliphatic carbocycles. The van der Waals surface area contributed by atoms with Crippen LogP contribution in [0.5, 0.6) is 23.0 Å². The summed E-state index contributed by atoms with van der Waals surface area (Å²) in [5.41, 5.74) is 4.17. The van der Waals surface area contributed by atoms with E-state index in [2.05, 4.69) is 21.3 Å². The van der Waals surface area contributed by atoms with Crippen LogP contribution in [0.15, 0.2) is 60.9 Å². The Hall–Kier alpha value is -4.46. The SMILES string of the molecule is COc1cc2c(cc1OC)C(=O)[C@@]1(C2)[C@H](c2cccn2C)[C@H]2C(=O)c3cc(OC)c(OC)cc3[C@H]2[C@@H]1c1cccn1C. The molecule has 0 bridgehead atoms. The van der Waals surface area contributed by atoms with E-state index >= 15 is 4.79 Å². The van der Waals surface area contributed by atoms with Crippen molar-refractivity contribution in [3.05, 3.63) is 94.6 Å². The number of fused-ring (bicyclic) bond motifs is 4. The predicted molar refractivity (Wildman–Crippen MR) is 156 cm³/mol. The summed E-state index contributed by atoms with van der Waals surface area (Å²) in [6.45, 7) is 0. The highest BCUT2D eigenvalue weighted by Gasteiger charge is 2.71. The monoisotopic (exact) mass is 566 g/mol. The van der Waals surface area contributed by atoms with E-state index in [0.717, 1.165) is 22.5 Å². The zero-order valence-electron chi connectivity index (χ0n) is 24.6. The Bertz CT molecular complexity index is 1770. The number of carbonyl (C=O) groups excluding carboxylic acids is 2. The molecule has 5 atom stereocenters. The molecule has 0 unspecified atom stereocenters. The molecule has 8 nitrogen and oxygen atoms in total. The van der Waals surface area contributed by atoms with Crippen LogP contribution >= 0.6 is 0 Å². The van der Waals surface area contributed by atoms with Gasteiger partial charge in [0.2, 0.25) is 0 Å². The molecule has 7 rings (SSSR count). The van der Waals surface area contributed by atoms with Gasteiger partial charge in [-0.2, -0.15) is 0 Å². The van der Waals surface area contributed by atoms with Crippen LogP contribution in [-0.4, -0.2) is 49.1 Å². The molecule has 0 aliphatic heterocycles. The van der Waals surface area contributed by atoms with Crippen LogP contribution in [0.25, 0.3) is 0 Å². The molecule has 0 amide bonds. The Kier molecular flexibility index (Phi) is 5.84. The molecule has 2 aromatic heterocycles. The van der Waals surface area contributed by atoms with E-state index in [4.69, 9.17) is 18.9 Å². The Morgan fingerprint density at radius 2 is 1.19 bits per heavy atom. The zero-order chi connectivity index (χ0) is 29.5. The van der Waals surface area contributed by atoms with E-state index in [1.807, 2.05) is 62.9 Å². The van der Waals surface area contributed by atoms with Gasteiger partial charge in [0.1, 0.15) is 0 Å². The molecular weight excluding hydrogens is 532 g/mol. The summed E-state index contributed by atoms with van der Waals surface area (Å²) in [5.74, 6) is 0.911. The number of benzene rings is 2. The number of ketones is 2. The van der Waals surface area contributed by atoms with Crippen LogP contribution < -0.4 is 18.9 Å². The van der Waals surface area contributed by atoms with Gasteiger partial charge in [0, 0.05) is 72.7 Å². The first-order chi connectivity index (χ1) is 20.3. The van der Waals surface area contributed by atoms with Gasteiger partial charge in [-0.3, -0.25) is 9.59 Å². The first kappa shape index (κ1) is 26.4. The average Bonchev–Trinajstić information content (AvgIpc) is 3.79. The van der Waals surface area contributed by atoms with Crippen molar-refractivity contribution in [3.8, 4) is 23.0 Å². The summed E-state index contributed by atoms with van der Waals surface area (Å²) < 4.78 is 26.7. The first-order valence-electron chi connectivity index (χ1n) is 14.1. The fraction of sp³-hybridized carbons (Fsp3) is 0.353. The molecule has 0 N–H and O–H groups in total. The molecule has 2 aromatic carbocycles. The normalized spacial score (nSPS) is 25.5. The molecule has 42 heavy (non-hydrogen) atoms. The van der Waals surface area contributed by atoms with Crippen LogP contribution in [0.3, 0.4) is 0 Å². The molecule has 216 valence electrons. The number of nitrogens with zero attached hydrogens (tertiary/aromatic N) is 2. The Labute approximate surface area is 244 Å². The summed E-state index contributed by atoms with van der Waals surface area (Å²) in [6, 6.07) is 15.7. The molecule has 4 aromatic rings. The number of methoxy groups -OCH3 is 4. The average molecular weight is 567 g/mol. The van der Waals surface area contributed by atoms with Crippen LogP contribution in [0.2, 0.25) is 0 Å². The van der Waals surface area contributed by atoms with Crippen LogP contribution in [0, 0.1) is 11.3 Å². The third-order valence-corrected chi connectivity index (χ3v) is 10.1. The molecule has 0 saturated heterocycles. The van der Waals surface area contributed by atoms with Gasteiger partial charge in [0.25, 0.3) is 0 Å². The summed E-state index contributed by atoms with van der Waals surface area (Å²) in [4.78, 5) is 29.7. The van der Waals surface area contributed by atoms with Crippen molar-refractivity contribution >= 4 is 11.6 Å². The molecule has 1 saturated carbocycles. The molecule has 3 aliphatic rings. The van der Waals surface area contributed by atoms with Gasteiger partial charge < -0.3 is 28.1 Å². The maximum Gasteiger partial charge on any atom is 0.171 e. The number of rotatable bonds is 6. The number of aromatic nitrogens is 2. The van der Waals surface area contributed by atoms with Crippen molar-refractivity contribution < 1.29 is 28.5 Å². The third kappa shape index (κ3) is 3.23. The van der Waals surface area contributed by atoms with Gasteiger partial charge in [0.05, 0.1) is 33.9 Å². The minimum atomic E-state index is -0.923. The van der Waals surface area contributed by atoms with Crippen molar-refractivity contribution in [2.24, 2.45) is 25.4 Å². The van der Waals surface area contributed by atoms with Crippen molar-refractivity contribution in [2.75, 3.05) is 28.4 Å². The highest BCUT2D eigenvalue weighted by molar-refractivity contribution is 6.11. The lowest BCUT2D eigenvalue weighted by Crippen LogP contribution is -2.40. The number of carbonyl (C=O) groups is 2. The predicted octanol–water partition coefficient (Wildman–Crippen LogP) is 5.30. The quantitative estimate of drug-likeness (QED) is 0.315. The first-order valence-corrected chi connectivity index (χ1v) is 14.1. The number of aryl methyl sites for hydroxylation is 2. The summed E-state index contributed by atoms with van der Waals surface area (Å²) in [5, 5.41) is 0. The summed E-state index contributed by atoms with van der Waals surface area (Å²) in [7, 11) is 10.4. The van der Waals surface area contributed by atoms with Gasteiger partial charge in [-0.05, 0) is 66.1 Å². The maximum atomic E-state index is 15.1. The highest BCUT2D eigenvalue weighted by atomic mass is 16.5. The van der Waals surface area contributed by atoms with Gasteiger partial charge in [-0.15, -0.1) is 0 Å². The van der Waals surface area contributed by atoms with Gasteiger partial charge in [-0.25, -0.2) is 0 Å². The number of hydrogen-bond donors (Lipinski definition) is 0. The largest absolute Gasteiger partial charge is 0.493 e. The minimum absolute atomic E-state index is 0.0390. The lowest BCUT2D eigenvalue weighted by molar-refractivity contribution is 0.0736. The van der Waals surface area contributed by atoms with Crippen molar-refractivity contribution in [2.45, 2.75) is 24.2 Å². The summed E-state index contributed by atoms with van der Waals surface area (Å²) in [6.07, 6.45) is 4.49. The second kappa shape index (κ2) is 9.28. The van der Waals surface area contributed by atoms with Crippen LogP contribution in [0.1, 0.15) is 61.0 Å². The molecule has 1 fully saturated rings.